The summed E-state index contributed by atoms with van der Waals surface area (Å²) in [6.45, 7) is 15.7. The molecule has 0 aliphatic carbocycles. The lowest BCUT2D eigenvalue weighted by molar-refractivity contribution is -0.118. The molecule has 0 fully saturated rings. The van der Waals surface area contributed by atoms with Crippen LogP contribution < -0.4 is 10.6 Å². The number of hydrogen-bond donors (Lipinski definition) is 2. The second-order valence-corrected chi connectivity index (χ2v) is 12.1. The fraction of sp³-hybridized carbons (Fsp3) is 0.762. The number of ether oxygens (including phenoxy) is 12. The Bertz CT molecular complexity index is 1010. The van der Waals surface area contributed by atoms with Gasteiger partial charge in [-0.15, -0.1) is 24.7 Å². The number of amides is 2. The fourth-order valence-corrected chi connectivity index (χ4v) is 4.20. The largest absolute Gasteiger partial charge is 0.377 e. The van der Waals surface area contributed by atoms with Crippen LogP contribution >= 0.6 is 0 Å². The van der Waals surface area contributed by atoms with Gasteiger partial charge in [0.15, 0.2) is 0 Å². The molecule has 0 aromatic heterocycles. The maximum absolute atomic E-state index is 11.9. The second-order valence-electron chi connectivity index (χ2n) is 12.1. The van der Waals surface area contributed by atoms with Crippen molar-refractivity contribution in [1.29, 1.82) is 0 Å². The smallest absolute Gasteiger partial charge is 0.246 e. The first-order chi connectivity index (χ1) is 28.5. The average molecular weight is 829 g/mol. The summed E-state index contributed by atoms with van der Waals surface area (Å²) in [5.41, 5.74) is 1.31. The molecule has 0 saturated heterocycles. The molecule has 2 amide bonds. The monoisotopic (exact) mass is 828 g/mol. The highest BCUT2D eigenvalue weighted by Crippen LogP contribution is 1.99. The Morgan fingerprint density at radius 3 is 0.759 bits per heavy atom. The Balaban J connectivity index is 3.19. The Morgan fingerprint density at radius 2 is 0.569 bits per heavy atom. The SMILES string of the molecule is C#CCC/C=C(\C)C(=O)NCCOCCOCCOCCOCCOCCOCCOCCOCCOCCOCCOCCOCCNC(=O)/C(C)=C/CCC#C. The van der Waals surface area contributed by atoms with Gasteiger partial charge in [0.1, 0.15) is 0 Å². The van der Waals surface area contributed by atoms with Crippen molar-refractivity contribution in [2.24, 2.45) is 0 Å². The Hall–Kier alpha value is -2.94. The van der Waals surface area contributed by atoms with E-state index in [1.165, 1.54) is 0 Å². The van der Waals surface area contributed by atoms with Crippen LogP contribution in [-0.4, -0.2) is 183 Å². The quantitative estimate of drug-likeness (QED) is 0.0521. The lowest BCUT2D eigenvalue weighted by atomic mass is 10.2. The average Bonchev–Trinajstić information content (AvgIpc) is 3.22. The number of carbonyl (C=O) groups is 2. The first-order valence-electron chi connectivity index (χ1n) is 20.2. The van der Waals surface area contributed by atoms with Crippen LogP contribution in [0.3, 0.4) is 0 Å². The van der Waals surface area contributed by atoms with Gasteiger partial charge in [-0.3, -0.25) is 9.59 Å². The molecule has 0 spiro atoms. The van der Waals surface area contributed by atoms with E-state index in [4.69, 9.17) is 69.7 Å². The minimum Gasteiger partial charge on any atom is -0.377 e. The van der Waals surface area contributed by atoms with Gasteiger partial charge in [0.05, 0.1) is 159 Å². The molecule has 16 nitrogen and oxygen atoms in total. The van der Waals surface area contributed by atoms with Gasteiger partial charge in [0, 0.05) is 37.1 Å². The van der Waals surface area contributed by atoms with Crippen LogP contribution in [0, 0.1) is 24.7 Å². The number of rotatable bonds is 45. The summed E-state index contributed by atoms with van der Waals surface area (Å²) >= 11 is 0. The second kappa shape index (κ2) is 46.7. The normalized spacial score (nSPS) is 11.7. The van der Waals surface area contributed by atoms with Gasteiger partial charge in [-0.25, -0.2) is 0 Å². The van der Waals surface area contributed by atoms with Gasteiger partial charge >= 0.3 is 0 Å². The molecule has 0 aliphatic rings. The van der Waals surface area contributed by atoms with Crippen molar-refractivity contribution in [2.75, 3.05) is 172 Å². The maximum Gasteiger partial charge on any atom is 0.246 e. The van der Waals surface area contributed by atoms with Gasteiger partial charge in [-0.1, -0.05) is 12.2 Å². The van der Waals surface area contributed by atoms with E-state index in [1.807, 2.05) is 12.2 Å². The number of allylic oxidation sites excluding steroid dienone is 2. The van der Waals surface area contributed by atoms with Crippen LogP contribution in [0.25, 0.3) is 0 Å². The molecule has 334 valence electrons. The third kappa shape index (κ3) is 42.7. The third-order valence-electron chi connectivity index (χ3n) is 7.35. The van der Waals surface area contributed by atoms with Gasteiger partial charge in [-0.05, 0) is 26.7 Å². The summed E-state index contributed by atoms with van der Waals surface area (Å²) in [7, 11) is 0. The third-order valence-corrected chi connectivity index (χ3v) is 7.35. The molecular weight excluding hydrogens is 756 g/mol. The van der Waals surface area contributed by atoms with Crippen LogP contribution in [0.5, 0.6) is 0 Å². The van der Waals surface area contributed by atoms with E-state index in [9.17, 15) is 9.59 Å². The molecule has 0 aromatic carbocycles. The van der Waals surface area contributed by atoms with Crippen molar-refractivity contribution >= 4 is 11.8 Å². The molecule has 2 N–H and O–H groups in total. The van der Waals surface area contributed by atoms with Crippen molar-refractivity contribution in [3.05, 3.63) is 23.3 Å². The van der Waals surface area contributed by atoms with E-state index in [0.717, 1.165) is 0 Å². The highest BCUT2D eigenvalue weighted by Gasteiger charge is 2.04. The summed E-state index contributed by atoms with van der Waals surface area (Å²) in [6.07, 6.45) is 16.7. The predicted molar refractivity (Wildman–Crippen MR) is 219 cm³/mol. The minimum absolute atomic E-state index is 0.110. The van der Waals surface area contributed by atoms with Crippen LogP contribution in [0.2, 0.25) is 0 Å². The minimum atomic E-state index is -0.110. The lowest BCUT2D eigenvalue weighted by Crippen LogP contribution is -2.28. The number of unbranched alkanes of at least 4 members (excludes halogenated alkanes) is 2. The van der Waals surface area contributed by atoms with Crippen molar-refractivity contribution in [3.63, 3.8) is 0 Å². The molecule has 0 aliphatic heterocycles. The molecule has 16 heteroatoms. The standard InChI is InChI=1S/C42H72N2O14/c1-5-7-9-11-39(3)41(45)43-13-15-47-17-19-49-21-23-51-25-27-53-29-31-55-33-35-57-37-38-58-36-34-56-32-30-54-28-26-52-24-22-50-20-18-48-16-14-44-42(46)40(4)12-10-8-6-2/h1-2,11-12H,7-10,13-38H2,3-4H3,(H,43,45)(H,44,46)/b39-11+,40-12+. The van der Waals surface area contributed by atoms with Crippen molar-refractivity contribution in [3.8, 4) is 24.7 Å². The number of hydrogen-bond acceptors (Lipinski definition) is 14. The van der Waals surface area contributed by atoms with Crippen molar-refractivity contribution < 1.29 is 66.4 Å². The van der Waals surface area contributed by atoms with Crippen LogP contribution in [0.4, 0.5) is 0 Å². The molecule has 0 bridgehead atoms. The van der Waals surface area contributed by atoms with E-state index >= 15 is 0 Å². The van der Waals surface area contributed by atoms with Crippen molar-refractivity contribution in [2.45, 2.75) is 39.5 Å². The van der Waals surface area contributed by atoms with E-state index in [0.29, 0.717) is 208 Å². The Morgan fingerprint density at radius 1 is 0.379 bits per heavy atom. The van der Waals surface area contributed by atoms with Crippen LogP contribution in [0.15, 0.2) is 23.3 Å². The summed E-state index contributed by atoms with van der Waals surface area (Å²) in [6, 6.07) is 0. The molecule has 0 atom stereocenters. The molecule has 0 aromatic rings. The van der Waals surface area contributed by atoms with Gasteiger partial charge in [0.2, 0.25) is 11.8 Å². The molecule has 0 radical (unpaired) electrons. The van der Waals surface area contributed by atoms with E-state index in [-0.39, 0.29) is 11.8 Å². The zero-order valence-corrected chi connectivity index (χ0v) is 35.2. The molecule has 58 heavy (non-hydrogen) atoms. The lowest BCUT2D eigenvalue weighted by Gasteiger charge is -2.09. The van der Waals surface area contributed by atoms with E-state index in [1.54, 1.807) is 13.8 Å². The highest BCUT2D eigenvalue weighted by molar-refractivity contribution is 5.93. The first-order valence-corrected chi connectivity index (χ1v) is 20.2. The number of carbonyl (C=O) groups excluding carboxylic acids is 2. The summed E-state index contributed by atoms with van der Waals surface area (Å²) in [5, 5.41) is 5.60. The van der Waals surface area contributed by atoms with Gasteiger partial charge < -0.3 is 67.5 Å². The number of nitrogens with one attached hydrogen (secondary N) is 2. The molecular formula is C42H72N2O14. The Kier molecular flexibility index (Phi) is 44.4. The van der Waals surface area contributed by atoms with Crippen LogP contribution in [0.1, 0.15) is 39.5 Å². The first kappa shape index (κ1) is 55.1. The fourth-order valence-electron chi connectivity index (χ4n) is 4.20. The summed E-state index contributed by atoms with van der Waals surface area (Å²) in [4.78, 5) is 23.8. The Labute approximate surface area is 347 Å². The van der Waals surface area contributed by atoms with Gasteiger partial charge in [-0.2, -0.15) is 0 Å². The maximum atomic E-state index is 11.9. The molecule has 0 saturated carbocycles. The molecule has 0 heterocycles. The summed E-state index contributed by atoms with van der Waals surface area (Å²) in [5.74, 6) is 4.87. The number of terminal acetylenes is 2. The van der Waals surface area contributed by atoms with Crippen molar-refractivity contribution in [1.82, 2.24) is 10.6 Å². The zero-order valence-electron chi connectivity index (χ0n) is 35.2. The zero-order chi connectivity index (χ0) is 42.3. The summed E-state index contributed by atoms with van der Waals surface area (Å²) < 4.78 is 65.7. The van der Waals surface area contributed by atoms with E-state index in [2.05, 4.69) is 22.5 Å². The topological polar surface area (TPSA) is 169 Å². The predicted octanol–water partition coefficient (Wildman–Crippen LogP) is 2.14. The molecule has 0 unspecified atom stereocenters. The van der Waals surface area contributed by atoms with E-state index < -0.39 is 0 Å². The highest BCUT2D eigenvalue weighted by atomic mass is 16.6. The van der Waals surface area contributed by atoms with Crippen LogP contribution in [-0.2, 0) is 66.4 Å². The molecule has 0 rings (SSSR count). The van der Waals surface area contributed by atoms with Gasteiger partial charge in [0.25, 0.3) is 0 Å².